The van der Waals surface area contributed by atoms with Gasteiger partial charge >= 0.3 is 0 Å². The maximum absolute atomic E-state index is 11.8. The Morgan fingerprint density at radius 1 is 1.26 bits per heavy atom. The van der Waals surface area contributed by atoms with Crippen LogP contribution in [0.1, 0.15) is 16.7 Å². The number of amides is 1. The molecule has 0 heterocycles. The number of nitrogens with zero attached hydrogens (tertiary/aromatic N) is 1. The lowest BCUT2D eigenvalue weighted by Crippen LogP contribution is -2.24. The molecule has 0 saturated heterocycles. The summed E-state index contributed by atoms with van der Waals surface area (Å²) in [5, 5.41) is 3.92. The van der Waals surface area contributed by atoms with Gasteiger partial charge in [0, 0.05) is 4.47 Å². The van der Waals surface area contributed by atoms with E-state index < -0.39 is 0 Å². The summed E-state index contributed by atoms with van der Waals surface area (Å²) in [6, 6.07) is 11.6. The second kappa shape index (κ2) is 8.26. The quantitative estimate of drug-likeness (QED) is 0.555. The van der Waals surface area contributed by atoms with E-state index in [2.05, 4.69) is 42.4 Å². The third kappa shape index (κ3) is 5.48. The Morgan fingerprint density at radius 2 is 2.04 bits per heavy atom. The fourth-order valence-electron chi connectivity index (χ4n) is 2.02. The van der Waals surface area contributed by atoms with E-state index in [1.54, 1.807) is 6.21 Å². The number of benzene rings is 2. The second-order valence-corrected chi connectivity index (χ2v) is 6.80. The van der Waals surface area contributed by atoms with Crippen molar-refractivity contribution in [1.82, 2.24) is 5.43 Å². The molecule has 0 aliphatic rings. The average molecular weight is 440 g/mol. The molecule has 0 aliphatic heterocycles. The molecule has 120 valence electrons. The lowest BCUT2D eigenvalue weighted by molar-refractivity contribution is -0.123. The number of nitrogens with one attached hydrogen (secondary N) is 1. The number of halogens is 2. The summed E-state index contributed by atoms with van der Waals surface area (Å²) in [7, 11) is 0. The van der Waals surface area contributed by atoms with E-state index in [-0.39, 0.29) is 12.5 Å². The molecule has 0 spiro atoms. The molecule has 0 aliphatic carbocycles. The van der Waals surface area contributed by atoms with Crippen LogP contribution in [0.25, 0.3) is 0 Å². The molecule has 0 aromatic heterocycles. The van der Waals surface area contributed by atoms with E-state index in [1.807, 2.05) is 50.2 Å². The van der Waals surface area contributed by atoms with Gasteiger partial charge in [-0.2, -0.15) is 5.10 Å². The molecule has 0 fully saturated rings. The molecule has 0 saturated carbocycles. The van der Waals surface area contributed by atoms with Crippen LogP contribution in [0, 0.1) is 13.8 Å². The first kappa shape index (κ1) is 17.7. The van der Waals surface area contributed by atoms with Crippen LogP contribution in [0.2, 0.25) is 0 Å². The molecule has 1 N–H and O–H groups in total. The van der Waals surface area contributed by atoms with Crippen LogP contribution in [0.4, 0.5) is 0 Å². The molecular formula is C17H16Br2N2O2. The lowest BCUT2D eigenvalue weighted by Gasteiger charge is -2.11. The monoisotopic (exact) mass is 438 g/mol. The molecule has 4 nitrogen and oxygen atoms in total. The zero-order chi connectivity index (χ0) is 16.8. The minimum absolute atomic E-state index is 0.0989. The Labute approximate surface area is 152 Å². The number of hydrogen-bond donors (Lipinski definition) is 1. The summed E-state index contributed by atoms with van der Waals surface area (Å²) in [6.45, 7) is 3.85. The topological polar surface area (TPSA) is 50.7 Å². The highest BCUT2D eigenvalue weighted by molar-refractivity contribution is 9.10. The third-order valence-corrected chi connectivity index (χ3v) is 4.06. The average Bonchev–Trinajstić information content (AvgIpc) is 2.46. The standard InChI is InChI=1S/C17H16Br2N2O2/c1-11-6-12(2)17(15(19)7-11)23-10-16(22)21-20-9-13-4-3-5-14(18)8-13/h3-9H,10H2,1-2H3,(H,21,22)/b20-9-. The fourth-order valence-corrected chi connectivity index (χ4v) is 3.23. The van der Waals surface area contributed by atoms with Crippen LogP contribution in [-0.4, -0.2) is 18.7 Å². The maximum Gasteiger partial charge on any atom is 0.277 e. The van der Waals surface area contributed by atoms with Gasteiger partial charge in [0.2, 0.25) is 0 Å². The number of carbonyl (C=O) groups is 1. The van der Waals surface area contributed by atoms with Crippen molar-refractivity contribution < 1.29 is 9.53 Å². The largest absolute Gasteiger partial charge is 0.482 e. The zero-order valence-electron chi connectivity index (χ0n) is 12.8. The van der Waals surface area contributed by atoms with E-state index in [4.69, 9.17) is 4.74 Å². The zero-order valence-corrected chi connectivity index (χ0v) is 15.9. The van der Waals surface area contributed by atoms with E-state index in [0.29, 0.717) is 5.75 Å². The third-order valence-electron chi connectivity index (χ3n) is 2.97. The van der Waals surface area contributed by atoms with Gasteiger partial charge in [0.15, 0.2) is 6.61 Å². The predicted molar refractivity (Wildman–Crippen MR) is 99.0 cm³/mol. The molecule has 0 bridgehead atoms. The van der Waals surface area contributed by atoms with Gasteiger partial charge in [-0.15, -0.1) is 0 Å². The summed E-state index contributed by atoms with van der Waals surface area (Å²) < 4.78 is 7.35. The van der Waals surface area contributed by atoms with Gasteiger partial charge in [0.05, 0.1) is 10.7 Å². The van der Waals surface area contributed by atoms with Crippen LogP contribution >= 0.6 is 31.9 Å². The normalized spacial score (nSPS) is 10.8. The lowest BCUT2D eigenvalue weighted by atomic mass is 10.1. The number of carbonyl (C=O) groups excluding carboxylic acids is 1. The minimum atomic E-state index is -0.317. The van der Waals surface area contributed by atoms with E-state index >= 15 is 0 Å². The summed E-state index contributed by atoms with van der Waals surface area (Å²) in [5.74, 6) is 0.352. The van der Waals surface area contributed by atoms with Crippen molar-refractivity contribution in [3.8, 4) is 5.75 Å². The van der Waals surface area contributed by atoms with Gasteiger partial charge in [-0.25, -0.2) is 5.43 Å². The molecule has 2 aromatic carbocycles. The predicted octanol–water partition coefficient (Wildman–Crippen LogP) is 4.36. The molecule has 2 rings (SSSR count). The smallest absolute Gasteiger partial charge is 0.277 e. The Balaban J connectivity index is 1.88. The Bertz CT molecular complexity index is 722. The van der Waals surface area contributed by atoms with Crippen LogP contribution in [-0.2, 0) is 4.79 Å². The Kier molecular flexibility index (Phi) is 6.36. The summed E-state index contributed by atoms with van der Waals surface area (Å²) >= 11 is 6.83. The second-order valence-electron chi connectivity index (χ2n) is 5.03. The van der Waals surface area contributed by atoms with Crippen molar-refractivity contribution in [2.45, 2.75) is 13.8 Å². The van der Waals surface area contributed by atoms with Crippen molar-refractivity contribution in [3.05, 3.63) is 62.0 Å². The van der Waals surface area contributed by atoms with Gasteiger partial charge in [0.1, 0.15) is 5.75 Å². The molecule has 6 heteroatoms. The van der Waals surface area contributed by atoms with Crippen molar-refractivity contribution in [3.63, 3.8) is 0 Å². The van der Waals surface area contributed by atoms with Crippen molar-refractivity contribution >= 4 is 44.0 Å². The molecule has 23 heavy (non-hydrogen) atoms. The Morgan fingerprint density at radius 3 is 2.74 bits per heavy atom. The highest BCUT2D eigenvalue weighted by Crippen LogP contribution is 2.30. The van der Waals surface area contributed by atoms with Crippen LogP contribution < -0.4 is 10.2 Å². The molecule has 0 atom stereocenters. The van der Waals surface area contributed by atoms with Gasteiger partial charge < -0.3 is 4.74 Å². The summed E-state index contributed by atoms with van der Waals surface area (Å²) in [5.41, 5.74) is 5.44. The van der Waals surface area contributed by atoms with Crippen LogP contribution in [0.3, 0.4) is 0 Å². The summed E-state index contributed by atoms with van der Waals surface area (Å²) in [4.78, 5) is 11.8. The minimum Gasteiger partial charge on any atom is -0.482 e. The van der Waals surface area contributed by atoms with Crippen LogP contribution in [0.5, 0.6) is 5.75 Å². The first-order valence-electron chi connectivity index (χ1n) is 6.92. The van der Waals surface area contributed by atoms with E-state index in [0.717, 1.165) is 25.6 Å². The van der Waals surface area contributed by atoms with Gasteiger partial charge in [-0.1, -0.05) is 34.1 Å². The summed E-state index contributed by atoms with van der Waals surface area (Å²) in [6.07, 6.45) is 1.58. The number of hydrazone groups is 1. The highest BCUT2D eigenvalue weighted by atomic mass is 79.9. The van der Waals surface area contributed by atoms with Crippen LogP contribution in [0.15, 0.2) is 50.4 Å². The first-order valence-corrected chi connectivity index (χ1v) is 8.51. The van der Waals surface area contributed by atoms with Crippen molar-refractivity contribution in [2.24, 2.45) is 5.10 Å². The SMILES string of the molecule is Cc1cc(C)c(OCC(=O)N/N=C\c2cccc(Br)c2)c(Br)c1. The fraction of sp³-hybridized carbons (Fsp3) is 0.176. The van der Waals surface area contributed by atoms with Gasteiger partial charge in [-0.05, 0) is 64.7 Å². The molecule has 0 unspecified atom stereocenters. The number of rotatable bonds is 5. The number of ether oxygens (including phenoxy) is 1. The number of hydrogen-bond acceptors (Lipinski definition) is 3. The van der Waals surface area contributed by atoms with Gasteiger partial charge in [-0.3, -0.25) is 4.79 Å². The van der Waals surface area contributed by atoms with Gasteiger partial charge in [0.25, 0.3) is 5.91 Å². The maximum atomic E-state index is 11.8. The molecule has 0 radical (unpaired) electrons. The highest BCUT2D eigenvalue weighted by Gasteiger charge is 2.08. The molecule has 2 aromatic rings. The van der Waals surface area contributed by atoms with E-state index in [9.17, 15) is 4.79 Å². The Hall–Kier alpha value is -1.66. The molecule has 1 amide bonds. The number of aryl methyl sites for hydroxylation is 2. The van der Waals surface area contributed by atoms with Crippen molar-refractivity contribution in [2.75, 3.05) is 6.61 Å². The first-order chi connectivity index (χ1) is 11.0. The molecular weight excluding hydrogens is 424 g/mol. The van der Waals surface area contributed by atoms with Crippen molar-refractivity contribution in [1.29, 1.82) is 0 Å². The van der Waals surface area contributed by atoms with E-state index in [1.165, 1.54) is 0 Å².